The van der Waals surface area contributed by atoms with Gasteiger partial charge in [0.05, 0.1) is 6.54 Å². The van der Waals surface area contributed by atoms with Gasteiger partial charge in [0.1, 0.15) is 5.82 Å². The van der Waals surface area contributed by atoms with Gasteiger partial charge in [-0.3, -0.25) is 9.69 Å². The first-order valence-electron chi connectivity index (χ1n) is 6.40. The summed E-state index contributed by atoms with van der Waals surface area (Å²) in [6, 6.07) is 3.83. The van der Waals surface area contributed by atoms with Crippen molar-refractivity contribution in [2.75, 3.05) is 32.6 Å². The minimum atomic E-state index is 0.111. The van der Waals surface area contributed by atoms with Crippen molar-refractivity contribution in [1.29, 1.82) is 0 Å². The summed E-state index contributed by atoms with van der Waals surface area (Å²) < 4.78 is 0. The molecule has 106 valence electrons. The summed E-state index contributed by atoms with van der Waals surface area (Å²) in [7, 11) is 3.55. The molecule has 0 spiro atoms. The van der Waals surface area contributed by atoms with Crippen LogP contribution in [-0.2, 0) is 11.3 Å². The van der Waals surface area contributed by atoms with Gasteiger partial charge in [0, 0.05) is 26.8 Å². The number of hydrazine groups is 1. The van der Waals surface area contributed by atoms with Crippen LogP contribution in [0.1, 0.15) is 18.9 Å². The maximum absolute atomic E-state index is 11.8. The van der Waals surface area contributed by atoms with E-state index in [1.165, 1.54) is 0 Å². The number of carbonyl (C=O) groups excluding carboxylic acids is 1. The molecule has 19 heavy (non-hydrogen) atoms. The molecule has 1 heterocycles. The maximum atomic E-state index is 11.8. The van der Waals surface area contributed by atoms with E-state index in [1.54, 1.807) is 25.2 Å². The Morgan fingerprint density at radius 2 is 2.21 bits per heavy atom. The highest BCUT2D eigenvalue weighted by Gasteiger charge is 2.12. The molecule has 6 nitrogen and oxygen atoms in total. The van der Waals surface area contributed by atoms with Crippen LogP contribution in [0.25, 0.3) is 0 Å². The molecule has 0 radical (unpaired) electrons. The largest absolute Gasteiger partial charge is 0.348 e. The Labute approximate surface area is 114 Å². The van der Waals surface area contributed by atoms with E-state index in [-0.39, 0.29) is 5.91 Å². The van der Waals surface area contributed by atoms with E-state index in [0.717, 1.165) is 18.5 Å². The monoisotopic (exact) mass is 265 g/mol. The second-order valence-electron chi connectivity index (χ2n) is 4.69. The summed E-state index contributed by atoms with van der Waals surface area (Å²) in [4.78, 5) is 19.6. The molecule has 0 fully saturated rings. The number of hydrogen-bond donors (Lipinski definition) is 2. The molecule has 1 aromatic rings. The Balaban J connectivity index is 2.68. The first kappa shape index (κ1) is 15.4. The number of hydrogen-bond acceptors (Lipinski definition) is 5. The van der Waals surface area contributed by atoms with Crippen LogP contribution in [0.4, 0.5) is 5.82 Å². The Morgan fingerprint density at radius 3 is 2.79 bits per heavy atom. The number of carbonyl (C=O) groups is 1. The van der Waals surface area contributed by atoms with Crippen LogP contribution in [0.5, 0.6) is 0 Å². The molecule has 0 saturated heterocycles. The molecule has 0 aliphatic rings. The average Bonchev–Trinajstić information content (AvgIpc) is 2.39. The number of likely N-dealkylation sites (N-methyl/N-ethyl adjacent to an activating group) is 1. The lowest BCUT2D eigenvalue weighted by Gasteiger charge is -2.23. The predicted molar refractivity (Wildman–Crippen MR) is 76.3 cm³/mol. The van der Waals surface area contributed by atoms with Gasteiger partial charge >= 0.3 is 0 Å². The highest BCUT2D eigenvalue weighted by Crippen LogP contribution is 2.09. The maximum Gasteiger partial charge on any atom is 0.236 e. The molecule has 0 unspecified atom stereocenters. The molecule has 0 bridgehead atoms. The third kappa shape index (κ3) is 5.23. The van der Waals surface area contributed by atoms with Gasteiger partial charge in [0.15, 0.2) is 0 Å². The third-order valence-electron chi connectivity index (χ3n) is 2.78. The lowest BCUT2D eigenvalue weighted by atomic mass is 10.2. The van der Waals surface area contributed by atoms with Crippen LogP contribution in [0, 0.1) is 0 Å². The number of pyridine rings is 1. The van der Waals surface area contributed by atoms with Crippen molar-refractivity contribution in [3.63, 3.8) is 0 Å². The zero-order valence-electron chi connectivity index (χ0n) is 11.9. The first-order chi connectivity index (χ1) is 9.06. The molecule has 0 aliphatic heterocycles. The summed E-state index contributed by atoms with van der Waals surface area (Å²) in [6.45, 7) is 4.12. The number of nitrogens with two attached hydrogens (primary N) is 1. The molecule has 6 heteroatoms. The van der Waals surface area contributed by atoms with Gasteiger partial charge in [0.2, 0.25) is 5.91 Å². The van der Waals surface area contributed by atoms with E-state index in [1.807, 2.05) is 12.1 Å². The minimum absolute atomic E-state index is 0.111. The highest BCUT2D eigenvalue weighted by molar-refractivity contribution is 5.77. The number of nitrogen functional groups attached to an aromatic ring is 1. The number of amides is 1. The number of rotatable bonds is 7. The molecule has 3 N–H and O–H groups in total. The molecule has 1 amide bonds. The van der Waals surface area contributed by atoms with Crippen LogP contribution >= 0.6 is 0 Å². The second-order valence-corrected chi connectivity index (χ2v) is 4.69. The van der Waals surface area contributed by atoms with E-state index >= 15 is 0 Å². The Kier molecular flexibility index (Phi) is 6.24. The first-order valence-corrected chi connectivity index (χ1v) is 6.40. The zero-order valence-corrected chi connectivity index (χ0v) is 11.9. The average molecular weight is 265 g/mol. The van der Waals surface area contributed by atoms with Gasteiger partial charge in [0.25, 0.3) is 0 Å². The van der Waals surface area contributed by atoms with Crippen LogP contribution in [-0.4, -0.2) is 47.9 Å². The van der Waals surface area contributed by atoms with Crippen LogP contribution < -0.4 is 11.3 Å². The van der Waals surface area contributed by atoms with Crippen molar-refractivity contribution in [1.82, 2.24) is 14.8 Å². The Hall–Kier alpha value is -1.66. The summed E-state index contributed by atoms with van der Waals surface area (Å²) in [5.41, 5.74) is 3.61. The van der Waals surface area contributed by atoms with Crippen molar-refractivity contribution in [2.45, 2.75) is 19.9 Å². The lowest BCUT2D eigenvalue weighted by molar-refractivity contribution is -0.130. The van der Waals surface area contributed by atoms with E-state index < -0.39 is 0 Å². The quantitative estimate of drug-likeness (QED) is 0.560. The fraction of sp³-hybridized carbons (Fsp3) is 0.538. The molecule has 0 saturated carbocycles. The molecule has 1 aromatic heterocycles. The van der Waals surface area contributed by atoms with E-state index in [9.17, 15) is 4.79 Å². The predicted octanol–water partition coefficient (Wildman–Crippen LogP) is 0.667. The van der Waals surface area contributed by atoms with Gasteiger partial charge in [-0.15, -0.1) is 0 Å². The van der Waals surface area contributed by atoms with E-state index in [0.29, 0.717) is 18.9 Å². The van der Waals surface area contributed by atoms with Crippen molar-refractivity contribution < 1.29 is 4.79 Å². The summed E-state index contributed by atoms with van der Waals surface area (Å²) in [6.07, 6.45) is 2.72. The summed E-state index contributed by atoms with van der Waals surface area (Å²) in [5.74, 6) is 6.08. The van der Waals surface area contributed by atoms with Gasteiger partial charge < -0.3 is 10.3 Å². The second kappa shape index (κ2) is 7.70. The van der Waals surface area contributed by atoms with Gasteiger partial charge in [-0.05, 0) is 30.7 Å². The van der Waals surface area contributed by atoms with Gasteiger partial charge in [-0.25, -0.2) is 10.8 Å². The summed E-state index contributed by atoms with van der Waals surface area (Å²) >= 11 is 0. The SMILES string of the molecule is CCCN(CC(=O)N(C)C)Cc1ccnc(NN)c1. The van der Waals surface area contributed by atoms with Crippen LogP contribution in [0.2, 0.25) is 0 Å². The van der Waals surface area contributed by atoms with E-state index in [4.69, 9.17) is 5.84 Å². The minimum Gasteiger partial charge on any atom is -0.348 e. The fourth-order valence-electron chi connectivity index (χ4n) is 1.77. The molecular formula is C13H23N5O. The topological polar surface area (TPSA) is 74.5 Å². The number of nitrogens with one attached hydrogen (secondary N) is 1. The van der Waals surface area contributed by atoms with Crippen LogP contribution in [0.15, 0.2) is 18.3 Å². The number of aromatic nitrogens is 1. The molecule has 0 aromatic carbocycles. The Bertz CT molecular complexity index is 408. The van der Waals surface area contributed by atoms with Gasteiger partial charge in [-0.2, -0.15) is 0 Å². The zero-order chi connectivity index (χ0) is 14.3. The standard InChI is InChI=1S/C13H23N5O/c1-4-7-18(10-13(19)17(2)3)9-11-5-6-15-12(8-11)16-14/h5-6,8H,4,7,9-10,14H2,1-3H3,(H,15,16). The normalized spacial score (nSPS) is 10.6. The summed E-state index contributed by atoms with van der Waals surface area (Å²) in [5, 5.41) is 0. The highest BCUT2D eigenvalue weighted by atomic mass is 16.2. The third-order valence-corrected chi connectivity index (χ3v) is 2.78. The fourth-order valence-corrected chi connectivity index (χ4v) is 1.77. The molecule has 1 rings (SSSR count). The van der Waals surface area contributed by atoms with Crippen LogP contribution in [0.3, 0.4) is 0 Å². The van der Waals surface area contributed by atoms with E-state index in [2.05, 4.69) is 22.2 Å². The smallest absolute Gasteiger partial charge is 0.236 e. The molecular weight excluding hydrogens is 242 g/mol. The van der Waals surface area contributed by atoms with Crippen molar-refractivity contribution in [3.05, 3.63) is 23.9 Å². The molecule has 0 atom stereocenters. The van der Waals surface area contributed by atoms with Crippen molar-refractivity contribution >= 4 is 11.7 Å². The Morgan fingerprint density at radius 1 is 1.47 bits per heavy atom. The lowest BCUT2D eigenvalue weighted by Crippen LogP contribution is -2.36. The van der Waals surface area contributed by atoms with Crippen molar-refractivity contribution in [2.24, 2.45) is 5.84 Å². The molecule has 0 aliphatic carbocycles. The van der Waals surface area contributed by atoms with Gasteiger partial charge in [-0.1, -0.05) is 6.92 Å². The number of nitrogens with zero attached hydrogens (tertiary/aromatic N) is 3. The number of anilines is 1. The van der Waals surface area contributed by atoms with Crippen molar-refractivity contribution in [3.8, 4) is 0 Å².